The average molecular weight is 379 g/mol. The van der Waals surface area contributed by atoms with Gasteiger partial charge in [-0.1, -0.05) is 26.0 Å². The van der Waals surface area contributed by atoms with Gasteiger partial charge in [0.15, 0.2) is 17.5 Å². The maximum absolute atomic E-state index is 13.7. The third kappa shape index (κ3) is 6.69. The van der Waals surface area contributed by atoms with Gasteiger partial charge in [-0.2, -0.15) is 0 Å². The number of guanidine groups is 1. The van der Waals surface area contributed by atoms with Crippen LogP contribution in [0.3, 0.4) is 0 Å². The zero-order valence-corrected chi connectivity index (χ0v) is 17.2. The van der Waals surface area contributed by atoms with Gasteiger partial charge in [0.05, 0.1) is 6.54 Å². The Morgan fingerprint density at radius 2 is 2.07 bits per heavy atom. The zero-order chi connectivity index (χ0) is 19.6. The van der Waals surface area contributed by atoms with Crippen molar-refractivity contribution in [1.82, 2.24) is 15.1 Å². The summed E-state index contributed by atoms with van der Waals surface area (Å²) < 4.78 is 19.4. The summed E-state index contributed by atoms with van der Waals surface area (Å²) >= 11 is 0. The van der Waals surface area contributed by atoms with Gasteiger partial charge in [0.25, 0.3) is 0 Å². The molecule has 1 aliphatic rings. The van der Waals surface area contributed by atoms with Crippen LogP contribution in [0.1, 0.15) is 34.1 Å². The Balaban J connectivity index is 1.91. The molecule has 0 bridgehead atoms. The van der Waals surface area contributed by atoms with Gasteiger partial charge in [-0.15, -0.1) is 0 Å². The fourth-order valence-corrected chi connectivity index (χ4v) is 3.46. The third-order valence-electron chi connectivity index (χ3n) is 4.99. The highest BCUT2D eigenvalue weighted by Crippen LogP contribution is 2.19. The van der Waals surface area contributed by atoms with E-state index in [9.17, 15) is 4.39 Å². The molecule has 1 saturated heterocycles. The fraction of sp³-hybridized carbons (Fsp3) is 0.667. The monoisotopic (exact) mass is 378 g/mol. The van der Waals surface area contributed by atoms with Crippen LogP contribution >= 0.6 is 0 Å². The first-order valence-corrected chi connectivity index (χ1v) is 10.2. The maximum atomic E-state index is 13.7. The molecule has 1 fully saturated rings. The average Bonchev–Trinajstić information content (AvgIpc) is 3.13. The Hall–Kier alpha value is -1.82. The second kappa shape index (κ2) is 11.1. The standard InChI is InChI=1S/C21H35FN4O/c1-5-23-21(26-13-12-18(16-26)15-25(6-2)7-3)24-14-17(4)27-20-11-9-8-10-19(20)22/h8-11,17-18H,5-7,12-16H2,1-4H3,(H,23,24). The van der Waals surface area contributed by atoms with Crippen LogP contribution in [-0.2, 0) is 0 Å². The van der Waals surface area contributed by atoms with E-state index in [1.54, 1.807) is 18.2 Å². The number of hydrogen-bond donors (Lipinski definition) is 1. The van der Waals surface area contributed by atoms with Gasteiger partial charge in [-0.05, 0) is 51.4 Å². The highest BCUT2D eigenvalue weighted by molar-refractivity contribution is 5.80. The SMILES string of the molecule is CCNC(=NCC(C)Oc1ccccc1F)N1CCC(CN(CC)CC)C1. The third-order valence-corrected chi connectivity index (χ3v) is 4.99. The van der Waals surface area contributed by atoms with Gasteiger partial charge in [0, 0.05) is 26.2 Å². The molecule has 2 unspecified atom stereocenters. The van der Waals surface area contributed by atoms with Crippen LogP contribution in [0.15, 0.2) is 29.3 Å². The molecule has 0 amide bonds. The molecule has 152 valence electrons. The normalized spacial score (nSPS) is 18.8. The summed E-state index contributed by atoms with van der Waals surface area (Å²) in [6.45, 7) is 15.2. The number of ether oxygens (including phenoxy) is 1. The van der Waals surface area contributed by atoms with Gasteiger partial charge >= 0.3 is 0 Å². The van der Waals surface area contributed by atoms with Crippen molar-refractivity contribution in [3.63, 3.8) is 0 Å². The minimum atomic E-state index is -0.334. The Bertz CT molecular complexity index is 591. The summed E-state index contributed by atoms with van der Waals surface area (Å²) in [5.41, 5.74) is 0. The predicted octanol–water partition coefficient (Wildman–Crippen LogP) is 3.22. The fourth-order valence-electron chi connectivity index (χ4n) is 3.46. The number of likely N-dealkylation sites (tertiary alicyclic amines) is 1. The Morgan fingerprint density at radius 3 is 2.74 bits per heavy atom. The smallest absolute Gasteiger partial charge is 0.194 e. The van der Waals surface area contributed by atoms with Crippen LogP contribution in [0.5, 0.6) is 5.75 Å². The van der Waals surface area contributed by atoms with Gasteiger partial charge < -0.3 is 19.9 Å². The summed E-state index contributed by atoms with van der Waals surface area (Å²) in [4.78, 5) is 9.57. The van der Waals surface area contributed by atoms with Crippen molar-refractivity contribution in [2.75, 3.05) is 45.8 Å². The predicted molar refractivity (Wildman–Crippen MR) is 110 cm³/mol. The van der Waals surface area contributed by atoms with Crippen LogP contribution in [0.25, 0.3) is 0 Å². The van der Waals surface area contributed by atoms with E-state index in [4.69, 9.17) is 9.73 Å². The first-order chi connectivity index (χ1) is 13.1. The lowest BCUT2D eigenvalue weighted by Gasteiger charge is -2.24. The van der Waals surface area contributed by atoms with E-state index in [1.165, 1.54) is 12.5 Å². The van der Waals surface area contributed by atoms with Crippen molar-refractivity contribution < 1.29 is 9.13 Å². The van der Waals surface area contributed by atoms with E-state index < -0.39 is 0 Å². The molecule has 2 rings (SSSR count). The van der Waals surface area contributed by atoms with Crippen LogP contribution in [-0.4, -0.2) is 67.7 Å². The first-order valence-electron chi connectivity index (χ1n) is 10.2. The van der Waals surface area contributed by atoms with Crippen molar-refractivity contribution in [3.05, 3.63) is 30.1 Å². The largest absolute Gasteiger partial charge is 0.486 e. The van der Waals surface area contributed by atoms with E-state index in [1.807, 2.05) is 6.92 Å². The molecule has 1 heterocycles. The number of para-hydroxylation sites is 1. The number of benzene rings is 1. The molecule has 1 aromatic carbocycles. The van der Waals surface area contributed by atoms with E-state index >= 15 is 0 Å². The summed E-state index contributed by atoms with van der Waals surface area (Å²) in [7, 11) is 0. The topological polar surface area (TPSA) is 40.1 Å². The molecule has 0 aromatic heterocycles. The minimum Gasteiger partial charge on any atom is -0.486 e. The molecular formula is C21H35FN4O. The van der Waals surface area contributed by atoms with Crippen molar-refractivity contribution in [1.29, 1.82) is 0 Å². The van der Waals surface area contributed by atoms with E-state index in [2.05, 4.69) is 35.9 Å². The second-order valence-electron chi connectivity index (χ2n) is 7.14. The summed E-state index contributed by atoms with van der Waals surface area (Å²) in [5, 5.41) is 3.39. The highest BCUT2D eigenvalue weighted by Gasteiger charge is 2.26. The maximum Gasteiger partial charge on any atom is 0.194 e. The van der Waals surface area contributed by atoms with Crippen molar-refractivity contribution >= 4 is 5.96 Å². The number of rotatable bonds is 9. The second-order valence-corrected chi connectivity index (χ2v) is 7.14. The van der Waals surface area contributed by atoms with E-state index in [-0.39, 0.29) is 17.7 Å². The first kappa shape index (κ1) is 21.5. The molecule has 0 saturated carbocycles. The molecule has 6 heteroatoms. The van der Waals surface area contributed by atoms with Crippen LogP contribution in [0, 0.1) is 11.7 Å². The Labute approximate surface area is 163 Å². The van der Waals surface area contributed by atoms with Crippen LogP contribution in [0.4, 0.5) is 4.39 Å². The lowest BCUT2D eigenvalue weighted by atomic mass is 10.1. The van der Waals surface area contributed by atoms with Crippen LogP contribution in [0.2, 0.25) is 0 Å². The number of halogens is 1. The quantitative estimate of drug-likeness (QED) is 0.529. The number of nitrogens with one attached hydrogen (secondary N) is 1. The Morgan fingerprint density at radius 1 is 1.33 bits per heavy atom. The van der Waals surface area contributed by atoms with Crippen molar-refractivity contribution in [2.45, 2.75) is 40.2 Å². The molecule has 2 atom stereocenters. The van der Waals surface area contributed by atoms with Gasteiger partial charge in [-0.25, -0.2) is 9.38 Å². The molecule has 1 N–H and O–H groups in total. The highest BCUT2D eigenvalue weighted by atomic mass is 19.1. The lowest BCUT2D eigenvalue weighted by molar-refractivity contribution is 0.219. The van der Waals surface area contributed by atoms with E-state index in [0.717, 1.165) is 45.2 Å². The summed E-state index contributed by atoms with van der Waals surface area (Å²) in [6.07, 6.45) is 1.01. The van der Waals surface area contributed by atoms with Gasteiger partial charge in [-0.3, -0.25) is 0 Å². The molecule has 27 heavy (non-hydrogen) atoms. The lowest BCUT2D eigenvalue weighted by Crippen LogP contribution is -2.41. The molecule has 0 aliphatic carbocycles. The molecule has 0 radical (unpaired) electrons. The molecule has 5 nitrogen and oxygen atoms in total. The van der Waals surface area contributed by atoms with Crippen LogP contribution < -0.4 is 10.1 Å². The summed E-state index contributed by atoms with van der Waals surface area (Å²) in [6, 6.07) is 6.50. The number of hydrogen-bond acceptors (Lipinski definition) is 3. The number of nitrogens with zero attached hydrogens (tertiary/aromatic N) is 3. The number of aliphatic imine (C=N–C) groups is 1. The van der Waals surface area contributed by atoms with Crippen molar-refractivity contribution in [3.8, 4) is 5.75 Å². The Kier molecular flexibility index (Phi) is 8.85. The molecule has 1 aliphatic heterocycles. The van der Waals surface area contributed by atoms with Crippen molar-refractivity contribution in [2.24, 2.45) is 10.9 Å². The zero-order valence-electron chi connectivity index (χ0n) is 17.2. The molecular weight excluding hydrogens is 343 g/mol. The molecule has 1 aromatic rings. The minimum absolute atomic E-state index is 0.190. The van der Waals surface area contributed by atoms with Gasteiger partial charge in [0.1, 0.15) is 6.10 Å². The van der Waals surface area contributed by atoms with E-state index in [0.29, 0.717) is 12.5 Å². The molecule has 0 spiro atoms. The van der Waals surface area contributed by atoms with Gasteiger partial charge in [0.2, 0.25) is 0 Å². The summed E-state index contributed by atoms with van der Waals surface area (Å²) in [5.74, 6) is 1.56.